The molecule has 20 atom stereocenters. The third-order valence-electron chi connectivity index (χ3n) is 9.14. The fraction of sp³-hybridized carbons (Fsp3) is 1.00. The molecule has 4 aliphatic rings. The molecule has 0 amide bonds. The van der Waals surface area contributed by atoms with Gasteiger partial charge in [0.1, 0.15) is 48.8 Å². The highest BCUT2D eigenvalue weighted by atomic mass is 17.5. The van der Waals surface area contributed by atoms with Gasteiger partial charge >= 0.3 is 0 Å². The molecule has 4 heterocycles. The molecule has 4 rings (SSSR count). The largest absolute Gasteiger partial charge is 0.388 e. The Kier molecular flexibility index (Phi) is 15.8. The molecule has 0 saturated carbocycles. The predicted octanol–water partition coefficient (Wildman–Crippen LogP) is -1.99. The first-order valence-corrected chi connectivity index (χ1v) is 15.5. The van der Waals surface area contributed by atoms with E-state index in [-0.39, 0.29) is 0 Å². The summed E-state index contributed by atoms with van der Waals surface area (Å²) >= 11 is 0. The van der Waals surface area contributed by atoms with E-state index in [0.717, 1.165) is 0 Å². The zero-order valence-corrected chi connectivity index (χ0v) is 27.7. The molecule has 24 heteroatoms. The molecule has 8 N–H and O–H groups in total. The summed E-state index contributed by atoms with van der Waals surface area (Å²) in [6, 6.07) is 0. The maximum Gasteiger partial charge on any atom is 0.190 e. The van der Waals surface area contributed by atoms with Gasteiger partial charge in [0.15, 0.2) is 43.5 Å². The summed E-state index contributed by atoms with van der Waals surface area (Å²) in [6.07, 6.45) is -26.4. The van der Waals surface area contributed by atoms with E-state index in [9.17, 15) is 25.7 Å². The zero-order chi connectivity index (χ0) is 36.9. The first kappa shape index (κ1) is 41.8. The molecule has 0 aliphatic carbocycles. The molecular weight excluding hydrogens is 696 g/mol. The summed E-state index contributed by atoms with van der Waals surface area (Å²) in [6.45, 7) is 7.43. The monoisotopic (exact) mass is 742 g/mol. The Morgan fingerprint density at radius 3 is 1.26 bits per heavy atom. The van der Waals surface area contributed by atoms with Crippen LogP contribution in [0.3, 0.4) is 0 Å². The average Bonchev–Trinajstić information content (AvgIpc) is 3.08. The van der Waals surface area contributed by atoms with Crippen LogP contribution in [-0.2, 0) is 77.6 Å². The van der Waals surface area contributed by atoms with E-state index in [0.29, 0.717) is 0 Å². The Bertz CT molecular complexity index is 1000. The Morgan fingerprint density at radius 1 is 0.380 bits per heavy atom. The second-order valence-corrected chi connectivity index (χ2v) is 12.2. The lowest BCUT2D eigenvalue weighted by Crippen LogP contribution is -2.66. The maximum atomic E-state index is 11.4. The van der Waals surface area contributed by atoms with Gasteiger partial charge in [0.05, 0.1) is 24.4 Å². The molecule has 50 heavy (non-hydrogen) atoms. The van der Waals surface area contributed by atoms with Crippen LogP contribution < -0.4 is 0 Å². The fourth-order valence-corrected chi connectivity index (χ4v) is 6.36. The molecule has 0 radical (unpaired) electrons. The fourth-order valence-electron chi connectivity index (χ4n) is 6.36. The van der Waals surface area contributed by atoms with Gasteiger partial charge in [-0.1, -0.05) is 27.1 Å². The van der Waals surface area contributed by atoms with Gasteiger partial charge in [-0.15, -0.1) is 0 Å². The highest BCUT2D eigenvalue weighted by Crippen LogP contribution is 2.37. The van der Waals surface area contributed by atoms with Crippen molar-refractivity contribution in [2.24, 2.45) is 5.92 Å². The molecule has 4 aliphatic heterocycles. The van der Waals surface area contributed by atoms with E-state index < -0.39 is 123 Å². The maximum absolute atomic E-state index is 11.4. The summed E-state index contributed by atoms with van der Waals surface area (Å²) in [5.74, 6) is -0.751. The van der Waals surface area contributed by atoms with E-state index in [1.165, 1.54) is 34.8 Å². The molecule has 294 valence electrons. The van der Waals surface area contributed by atoms with Crippen molar-refractivity contribution in [1.82, 2.24) is 0 Å². The van der Waals surface area contributed by atoms with Gasteiger partial charge in [-0.25, -0.2) is 21.0 Å². The van der Waals surface area contributed by atoms with Gasteiger partial charge in [0.2, 0.25) is 0 Å². The first-order chi connectivity index (χ1) is 23.8. The Balaban J connectivity index is 1.56. The molecule has 0 spiro atoms. The topological polar surface area (TPSA) is 310 Å². The van der Waals surface area contributed by atoms with E-state index in [1.807, 2.05) is 0 Å². The molecule has 9 unspecified atom stereocenters. The van der Waals surface area contributed by atoms with Crippen molar-refractivity contribution >= 4 is 0 Å². The van der Waals surface area contributed by atoms with E-state index in [4.69, 9.17) is 73.2 Å². The van der Waals surface area contributed by atoms with Crippen LogP contribution in [0.5, 0.6) is 0 Å². The number of ether oxygens (including phenoxy) is 8. The second-order valence-electron chi connectivity index (χ2n) is 12.2. The highest BCUT2D eigenvalue weighted by Gasteiger charge is 2.56. The summed E-state index contributed by atoms with van der Waals surface area (Å²) in [7, 11) is 1.25. The normalized spacial score (nSPS) is 48.8. The van der Waals surface area contributed by atoms with Gasteiger partial charge in [0.25, 0.3) is 0 Å². The van der Waals surface area contributed by atoms with Crippen LogP contribution in [0.1, 0.15) is 34.6 Å². The molecular formula is C26H46O24. The van der Waals surface area contributed by atoms with E-state index in [1.54, 1.807) is 6.92 Å². The molecule has 0 aromatic rings. The first-order valence-electron chi connectivity index (χ1n) is 15.5. The number of methoxy groups -OCH3 is 1. The molecule has 0 aromatic heterocycles. The van der Waals surface area contributed by atoms with Crippen molar-refractivity contribution < 1.29 is 119 Å². The van der Waals surface area contributed by atoms with Crippen LogP contribution in [-0.4, -0.2) is 165 Å². The van der Waals surface area contributed by atoms with E-state index >= 15 is 0 Å². The summed E-state index contributed by atoms with van der Waals surface area (Å²) in [5.41, 5.74) is 0. The van der Waals surface area contributed by atoms with Gasteiger partial charge in [-0.3, -0.25) is 0 Å². The van der Waals surface area contributed by atoms with Crippen molar-refractivity contribution in [2.75, 3.05) is 7.11 Å². The van der Waals surface area contributed by atoms with Crippen molar-refractivity contribution in [3.05, 3.63) is 0 Å². The standard InChI is InChI=1S/C26H46O24/c1-7-16(43-47-31)11(5)39-25(17(7)44-48-32)40-18-12(27)8(2)36-23(15(18)30)41-20-14(29)10(4)38-26(22(20)46-50-34)42-19-13(28)9(3)37-24(35-6)21(19)45-49-33/h7-34H,1-6H3/t7?,8?,9?,10?,11?,12-,13-,14-,15?,16+,17?,18+,19+,20+,21?,22?,23+,24-,25+,26+/m1/s1. The zero-order valence-electron chi connectivity index (χ0n) is 27.7. The number of hydrogen-bond donors (Lipinski definition) is 8. The minimum absolute atomic E-state index is 0.751. The van der Waals surface area contributed by atoms with Gasteiger partial charge in [0, 0.05) is 13.0 Å². The van der Waals surface area contributed by atoms with Gasteiger partial charge in [-0.05, 0) is 27.7 Å². The SMILES string of the molecule is CO[C@@H]1OC(C)[C@@H](O)[C@H](O[C@@H]2OC(C)[C@@H](O)[C@H](O[C@@H]3OC(C)[C@@H](O)[C@H](O[C@@H]4OC(C)[C@@H](OOO)C(C)C4OOO)C3O)C2OOO)C1OOO. The number of rotatable bonds is 15. The Morgan fingerprint density at radius 2 is 0.740 bits per heavy atom. The van der Waals surface area contributed by atoms with Crippen LogP contribution in [0.25, 0.3) is 0 Å². The quantitative estimate of drug-likeness (QED) is 0.0665. The minimum Gasteiger partial charge on any atom is -0.388 e. The van der Waals surface area contributed by atoms with Crippen molar-refractivity contribution in [3.63, 3.8) is 0 Å². The van der Waals surface area contributed by atoms with Crippen molar-refractivity contribution in [3.8, 4) is 0 Å². The molecule has 0 aromatic carbocycles. The average molecular weight is 743 g/mol. The smallest absolute Gasteiger partial charge is 0.190 e. The van der Waals surface area contributed by atoms with Crippen molar-refractivity contribution in [1.29, 1.82) is 0 Å². The van der Waals surface area contributed by atoms with Crippen LogP contribution in [0.4, 0.5) is 0 Å². The minimum atomic E-state index is -1.85. The Hall–Kier alpha value is -0.960. The van der Waals surface area contributed by atoms with Gasteiger partial charge < -0.3 is 58.3 Å². The predicted molar refractivity (Wildman–Crippen MR) is 147 cm³/mol. The lowest BCUT2D eigenvalue weighted by molar-refractivity contribution is -0.553. The van der Waals surface area contributed by atoms with Crippen LogP contribution in [0, 0.1) is 5.92 Å². The molecule has 0 bridgehead atoms. The third kappa shape index (κ3) is 9.04. The van der Waals surface area contributed by atoms with Crippen LogP contribution >= 0.6 is 0 Å². The third-order valence-corrected chi connectivity index (χ3v) is 9.14. The lowest BCUT2D eigenvalue weighted by Gasteiger charge is -2.49. The van der Waals surface area contributed by atoms with E-state index in [2.05, 4.69) is 20.2 Å². The summed E-state index contributed by atoms with van der Waals surface area (Å²) in [5, 5.41) is 95.8. The highest BCUT2D eigenvalue weighted by molar-refractivity contribution is 4.97. The number of aliphatic hydroxyl groups is 4. The second kappa shape index (κ2) is 18.9. The van der Waals surface area contributed by atoms with Crippen molar-refractivity contribution in [2.45, 2.75) is 151 Å². The number of aliphatic hydroxyl groups excluding tert-OH is 4. The van der Waals surface area contributed by atoms with Crippen LogP contribution in [0.2, 0.25) is 0 Å². The van der Waals surface area contributed by atoms with Crippen LogP contribution in [0.15, 0.2) is 0 Å². The lowest BCUT2D eigenvalue weighted by atomic mass is 9.91. The summed E-state index contributed by atoms with van der Waals surface area (Å²) in [4.78, 5) is 19.5. The van der Waals surface area contributed by atoms with Gasteiger partial charge in [-0.2, -0.15) is 19.6 Å². The Labute approximate surface area is 283 Å². The molecule has 4 saturated heterocycles. The molecule has 24 nitrogen and oxygen atoms in total. The number of hydrogen-bond acceptors (Lipinski definition) is 24. The summed E-state index contributed by atoms with van der Waals surface area (Å²) < 4.78 is 45.8. The molecule has 4 fully saturated rings.